The van der Waals surface area contributed by atoms with Crippen molar-refractivity contribution in [2.75, 3.05) is 50.8 Å². The molecule has 10 amide bonds. The number of nitrogens with one attached hydrogen (secondary N) is 8. The molecule has 87 heavy (non-hydrogen) atoms. The zero-order valence-corrected chi connectivity index (χ0v) is 57.7. The van der Waals surface area contributed by atoms with Crippen LogP contribution in [0.1, 0.15) is 173 Å². The van der Waals surface area contributed by atoms with Gasteiger partial charge in [0.1, 0.15) is 12.1 Å². The van der Waals surface area contributed by atoms with Gasteiger partial charge in [0.25, 0.3) is 0 Å². The fraction of sp³-hybridized carbons (Fsp3) is 0.695. The second-order valence-corrected chi connectivity index (χ2v) is 24.9. The largest absolute Gasteiger partial charge is 0.356 e. The molecule has 2 aromatic rings. The molecule has 496 valence electrons. The normalized spacial score (nSPS) is 21.3. The van der Waals surface area contributed by atoms with E-state index in [1.54, 1.807) is 24.8 Å². The average Bonchev–Trinajstić information content (AvgIpc) is 4.21. The van der Waals surface area contributed by atoms with Crippen LogP contribution in [0.5, 0.6) is 0 Å². The average molecular weight is 1370 g/mol. The number of carbonyl (C=O) groups is 8. The third-order valence-corrected chi connectivity index (χ3v) is 19.4. The summed E-state index contributed by atoms with van der Waals surface area (Å²) in [4.78, 5) is 111. The van der Waals surface area contributed by atoms with Gasteiger partial charge in [-0.15, -0.1) is 0 Å². The highest BCUT2D eigenvalue weighted by Gasteiger charge is 2.44. The number of unbranched alkanes of at least 4 members (excludes halogenated alkanes) is 6. The van der Waals surface area contributed by atoms with E-state index in [4.69, 9.17) is 0 Å². The van der Waals surface area contributed by atoms with E-state index in [1.165, 1.54) is 0 Å². The maximum atomic E-state index is 13.2. The van der Waals surface area contributed by atoms with Gasteiger partial charge in [-0.2, -0.15) is 104 Å². The number of likely N-dealkylation sites (tertiary alicyclic amines) is 2. The van der Waals surface area contributed by atoms with Crippen molar-refractivity contribution < 1.29 is 38.4 Å². The number of aromatic nitrogens is 2. The standard InChI is InChI=1S/2C29H44N6O4S.CH4.6H2S/c2*1-20(21-12-15-30-16-13-21)26(28(38)35-17-7-8-18-35)33-25(37)11-3-2-6-14-31-24(36)10-5-4-9-23-27-22(19-40-23)32-29(39)34-27;;;;;;;/h2*12-13,15-16,20,22-23,26-27H,2-11,14,17-19H2,1H3,(H,31,36)(H,33,37)(H2,32,34,39);1H4;6*1H2/t20-,22+,23+,26+,27+;20-,22-,23-,26+,27-;;;;;;;/m10......./s1. The zero-order valence-electron chi connectivity index (χ0n) is 50.1. The van der Waals surface area contributed by atoms with Crippen molar-refractivity contribution in [2.24, 2.45) is 0 Å². The third kappa shape index (κ3) is 27.1. The third-order valence-electron chi connectivity index (χ3n) is 16.4. The van der Waals surface area contributed by atoms with Crippen molar-refractivity contribution in [3.05, 3.63) is 60.2 Å². The lowest BCUT2D eigenvalue weighted by molar-refractivity contribution is -0.136. The fourth-order valence-corrected chi connectivity index (χ4v) is 14.7. The summed E-state index contributed by atoms with van der Waals surface area (Å²) < 4.78 is 0. The van der Waals surface area contributed by atoms with Crippen LogP contribution >= 0.6 is 104 Å². The van der Waals surface area contributed by atoms with Gasteiger partial charge < -0.3 is 52.3 Å². The van der Waals surface area contributed by atoms with Gasteiger partial charge in [0.05, 0.1) is 24.2 Å². The van der Waals surface area contributed by atoms with E-state index in [9.17, 15) is 38.4 Å². The van der Waals surface area contributed by atoms with E-state index in [1.807, 2.05) is 71.4 Å². The quantitative estimate of drug-likeness (QED) is 0.0300. The van der Waals surface area contributed by atoms with Gasteiger partial charge in [0.2, 0.25) is 35.4 Å². The maximum absolute atomic E-state index is 13.2. The lowest BCUT2D eigenvalue weighted by Gasteiger charge is -2.28. The first-order chi connectivity index (χ1) is 38.8. The lowest BCUT2D eigenvalue weighted by Crippen LogP contribution is -2.50. The van der Waals surface area contributed by atoms with Crippen LogP contribution < -0.4 is 42.5 Å². The molecule has 10 atom stereocenters. The molecule has 0 unspecified atom stereocenters. The Hall–Kier alpha value is -3.54. The van der Waals surface area contributed by atoms with Crippen molar-refractivity contribution >= 4 is 152 Å². The summed E-state index contributed by atoms with van der Waals surface area (Å²) in [6, 6.07) is 7.20. The lowest BCUT2D eigenvalue weighted by atomic mass is 9.92. The minimum atomic E-state index is -0.588. The van der Waals surface area contributed by atoms with Crippen LogP contribution in [0.2, 0.25) is 0 Å². The molecule has 8 heterocycles. The van der Waals surface area contributed by atoms with E-state index in [-0.39, 0.29) is 172 Å². The highest BCUT2D eigenvalue weighted by Crippen LogP contribution is 2.34. The Morgan fingerprint density at radius 3 is 1.18 bits per heavy atom. The van der Waals surface area contributed by atoms with E-state index >= 15 is 0 Å². The Morgan fingerprint density at radius 2 is 0.828 bits per heavy atom. The van der Waals surface area contributed by atoms with Crippen molar-refractivity contribution in [3.63, 3.8) is 0 Å². The van der Waals surface area contributed by atoms with Crippen molar-refractivity contribution in [1.82, 2.24) is 62.3 Å². The van der Waals surface area contributed by atoms with Crippen molar-refractivity contribution in [1.29, 1.82) is 0 Å². The summed E-state index contributed by atoms with van der Waals surface area (Å²) in [5.41, 5.74) is 1.96. The van der Waals surface area contributed by atoms with Gasteiger partial charge in [-0.25, -0.2) is 9.59 Å². The summed E-state index contributed by atoms with van der Waals surface area (Å²) in [5, 5.41) is 24.8. The van der Waals surface area contributed by atoms with E-state index < -0.39 is 12.1 Å². The van der Waals surface area contributed by atoms with Gasteiger partial charge in [0.15, 0.2) is 0 Å². The van der Waals surface area contributed by atoms with E-state index in [0.29, 0.717) is 62.1 Å². The number of nitrogens with zero attached hydrogens (tertiary/aromatic N) is 4. The van der Waals surface area contributed by atoms with E-state index in [0.717, 1.165) is 139 Å². The number of fused-ring (bicyclic) bond motifs is 2. The second-order valence-electron chi connectivity index (χ2n) is 22.4. The molecule has 8 rings (SSSR count). The summed E-state index contributed by atoms with van der Waals surface area (Å²) in [5.74, 6) is 1.52. The number of urea groups is 2. The van der Waals surface area contributed by atoms with Crippen LogP contribution in [0.25, 0.3) is 0 Å². The first-order valence-corrected chi connectivity index (χ1v) is 31.8. The summed E-state index contributed by atoms with van der Waals surface area (Å²) >= 11 is 3.80. The molecule has 0 aromatic carbocycles. The maximum Gasteiger partial charge on any atom is 0.315 e. The first kappa shape index (κ1) is 83.5. The Balaban J connectivity index is 0.00000157. The Bertz CT molecular complexity index is 2200. The number of thioether (sulfide) groups is 2. The predicted octanol–water partition coefficient (Wildman–Crippen LogP) is 6.70. The molecule has 2 aromatic heterocycles. The molecular weight excluding hydrogens is 1260 g/mol. The van der Waals surface area contributed by atoms with Crippen LogP contribution in [-0.2, 0) is 28.8 Å². The predicted molar refractivity (Wildman–Crippen MR) is 381 cm³/mol. The molecule has 0 bridgehead atoms. The molecule has 0 spiro atoms. The fourth-order valence-electron chi connectivity index (χ4n) is 11.6. The molecule has 0 saturated carbocycles. The Kier molecular flexibility index (Phi) is 43.0. The number of pyridine rings is 2. The van der Waals surface area contributed by atoms with Gasteiger partial charge >= 0.3 is 12.1 Å². The van der Waals surface area contributed by atoms with Gasteiger partial charge in [0, 0.05) is 124 Å². The van der Waals surface area contributed by atoms with Gasteiger partial charge in [-0.1, -0.05) is 47.0 Å². The van der Waals surface area contributed by atoms with Crippen LogP contribution in [0.4, 0.5) is 9.59 Å². The van der Waals surface area contributed by atoms with Gasteiger partial charge in [-0.05, 0) is 112 Å². The molecule has 0 aliphatic carbocycles. The monoisotopic (exact) mass is 1360 g/mol. The van der Waals surface area contributed by atoms with Crippen LogP contribution in [0.3, 0.4) is 0 Å². The van der Waals surface area contributed by atoms with Crippen molar-refractivity contribution in [3.8, 4) is 0 Å². The summed E-state index contributed by atoms with van der Waals surface area (Å²) in [6.45, 7) is 8.16. The molecule has 6 aliphatic rings. The first-order valence-electron chi connectivity index (χ1n) is 29.7. The number of rotatable bonds is 30. The summed E-state index contributed by atoms with van der Waals surface area (Å²) in [7, 11) is 0. The Labute approximate surface area is 567 Å². The number of carbonyl (C=O) groups excluding carboxylic acids is 8. The highest BCUT2D eigenvalue weighted by atomic mass is 32.2. The molecule has 8 N–H and O–H groups in total. The molecule has 6 fully saturated rings. The Morgan fingerprint density at radius 1 is 0.494 bits per heavy atom. The minimum Gasteiger partial charge on any atom is -0.356 e. The van der Waals surface area contributed by atoms with Crippen LogP contribution in [0.15, 0.2) is 49.1 Å². The topological polar surface area (TPSA) is 265 Å². The number of hydrogen-bond donors (Lipinski definition) is 8. The zero-order chi connectivity index (χ0) is 56.6. The molecular formula is C59H104N12O8S8. The van der Waals surface area contributed by atoms with E-state index in [2.05, 4.69) is 52.5 Å². The number of hydrogen-bond acceptors (Lipinski definition) is 12. The molecule has 0 radical (unpaired) electrons. The smallest absolute Gasteiger partial charge is 0.315 e. The molecule has 6 saturated heterocycles. The molecule has 20 nitrogen and oxygen atoms in total. The molecule has 28 heteroatoms. The SMILES string of the molecule is C.C[C@@H](c1ccncc1)[C@@H](NC(=O)CCCCCNC(=O)CCCC[C@@H]1SC[C@@H]2NC(=O)N[C@@H]21)C(=O)N1CCCC1.C[C@H](c1ccncc1)[C@H](NC(=O)CCCCCNC(=O)CCCC[C@@H]1SC[C@@H]2NC(=O)N[C@@H]21)C(=O)N1CCCC1.S.S.S.S.S.S. The minimum absolute atomic E-state index is 0. The summed E-state index contributed by atoms with van der Waals surface area (Å²) in [6.07, 6.45) is 23.0. The second kappa shape index (κ2) is 44.8. The molecule has 6 aliphatic heterocycles. The van der Waals surface area contributed by atoms with Crippen LogP contribution in [-0.4, -0.2) is 165 Å². The number of amides is 10. The van der Waals surface area contributed by atoms with Gasteiger partial charge in [-0.3, -0.25) is 38.7 Å². The van der Waals surface area contributed by atoms with Crippen LogP contribution in [0, 0.1) is 0 Å². The van der Waals surface area contributed by atoms with Crippen molar-refractivity contribution in [2.45, 2.75) is 208 Å². The highest BCUT2D eigenvalue weighted by molar-refractivity contribution is 8.00.